The van der Waals surface area contributed by atoms with Crippen LogP contribution in [0.15, 0.2) is 22.6 Å². The monoisotopic (exact) mass is 282 g/mol. The van der Waals surface area contributed by atoms with Crippen molar-refractivity contribution in [2.24, 2.45) is 0 Å². The Bertz CT molecular complexity index is 597. The fraction of sp³-hybridized carbons (Fsp3) is 0.250. The Morgan fingerprint density at radius 3 is 2.79 bits per heavy atom. The zero-order valence-electron chi connectivity index (χ0n) is 10.1. The maximum Gasteiger partial charge on any atom is 0.341 e. The summed E-state index contributed by atoms with van der Waals surface area (Å²) in [5, 5.41) is 16.7. The van der Waals surface area contributed by atoms with E-state index in [9.17, 15) is 4.79 Å². The molecule has 0 aliphatic rings. The molecule has 19 heavy (non-hydrogen) atoms. The SMILES string of the molecule is CCc1nnc(COc2cccc(Cl)c2C(=O)O)o1. The van der Waals surface area contributed by atoms with E-state index in [1.54, 1.807) is 6.07 Å². The molecule has 1 aromatic heterocycles. The van der Waals surface area contributed by atoms with Gasteiger partial charge in [0, 0.05) is 6.42 Å². The van der Waals surface area contributed by atoms with Crippen molar-refractivity contribution in [3.63, 3.8) is 0 Å². The molecule has 0 saturated carbocycles. The minimum Gasteiger partial charge on any atom is -0.483 e. The molecule has 2 aromatic rings. The Hall–Kier alpha value is -2.08. The van der Waals surface area contributed by atoms with Gasteiger partial charge >= 0.3 is 5.97 Å². The van der Waals surface area contributed by atoms with E-state index >= 15 is 0 Å². The summed E-state index contributed by atoms with van der Waals surface area (Å²) in [6.45, 7) is 1.88. The number of nitrogens with zero attached hydrogens (tertiary/aromatic N) is 2. The highest BCUT2D eigenvalue weighted by molar-refractivity contribution is 6.33. The summed E-state index contributed by atoms with van der Waals surface area (Å²) in [6.07, 6.45) is 0.630. The van der Waals surface area contributed by atoms with Gasteiger partial charge in [-0.15, -0.1) is 10.2 Å². The van der Waals surface area contributed by atoms with Crippen LogP contribution in [0.2, 0.25) is 5.02 Å². The Labute approximate surface area is 114 Å². The van der Waals surface area contributed by atoms with E-state index in [2.05, 4.69) is 10.2 Å². The number of rotatable bonds is 5. The molecule has 0 aliphatic carbocycles. The number of aromatic nitrogens is 2. The number of benzene rings is 1. The molecule has 1 heterocycles. The highest BCUT2D eigenvalue weighted by Crippen LogP contribution is 2.26. The Kier molecular flexibility index (Phi) is 4.01. The quantitative estimate of drug-likeness (QED) is 0.907. The largest absolute Gasteiger partial charge is 0.483 e. The summed E-state index contributed by atoms with van der Waals surface area (Å²) in [5.41, 5.74) is -0.0839. The minimum atomic E-state index is -1.15. The number of carboxylic acids is 1. The molecule has 0 unspecified atom stereocenters. The van der Waals surface area contributed by atoms with Crippen LogP contribution in [0.1, 0.15) is 29.1 Å². The van der Waals surface area contributed by atoms with Crippen LogP contribution in [0.3, 0.4) is 0 Å². The van der Waals surface area contributed by atoms with E-state index < -0.39 is 5.97 Å². The Morgan fingerprint density at radius 2 is 2.16 bits per heavy atom. The van der Waals surface area contributed by atoms with Crippen molar-refractivity contribution in [2.75, 3.05) is 0 Å². The van der Waals surface area contributed by atoms with Crippen molar-refractivity contribution in [3.8, 4) is 5.75 Å². The number of hydrogen-bond acceptors (Lipinski definition) is 5. The molecule has 7 heteroatoms. The molecule has 0 aliphatic heterocycles. The molecular weight excluding hydrogens is 272 g/mol. The lowest BCUT2D eigenvalue weighted by molar-refractivity contribution is 0.0691. The lowest BCUT2D eigenvalue weighted by Crippen LogP contribution is -2.04. The van der Waals surface area contributed by atoms with Crippen LogP contribution in [0.4, 0.5) is 0 Å². The third kappa shape index (κ3) is 3.03. The number of ether oxygens (including phenoxy) is 1. The van der Waals surface area contributed by atoms with Gasteiger partial charge < -0.3 is 14.3 Å². The van der Waals surface area contributed by atoms with Gasteiger partial charge in [0.25, 0.3) is 5.89 Å². The summed E-state index contributed by atoms with van der Waals surface area (Å²) in [7, 11) is 0. The van der Waals surface area contributed by atoms with Gasteiger partial charge in [0.2, 0.25) is 5.89 Å². The number of carboxylic acid groups (broad SMARTS) is 1. The van der Waals surface area contributed by atoms with Crippen molar-refractivity contribution in [3.05, 3.63) is 40.6 Å². The van der Waals surface area contributed by atoms with Crippen LogP contribution in [0.25, 0.3) is 0 Å². The molecule has 0 saturated heterocycles. The van der Waals surface area contributed by atoms with Crippen LogP contribution in [0.5, 0.6) is 5.75 Å². The predicted octanol–water partition coefficient (Wildman–Crippen LogP) is 2.56. The average Bonchev–Trinajstić information content (AvgIpc) is 2.83. The van der Waals surface area contributed by atoms with Gasteiger partial charge in [-0.2, -0.15) is 0 Å². The van der Waals surface area contributed by atoms with E-state index in [0.717, 1.165) is 0 Å². The second-order valence-electron chi connectivity index (χ2n) is 3.65. The third-order valence-corrected chi connectivity index (χ3v) is 2.67. The fourth-order valence-electron chi connectivity index (χ4n) is 1.46. The summed E-state index contributed by atoms with van der Waals surface area (Å²) in [5.74, 6) is -0.201. The second kappa shape index (κ2) is 5.71. The first-order valence-corrected chi connectivity index (χ1v) is 5.95. The first-order valence-electron chi connectivity index (χ1n) is 5.57. The van der Waals surface area contributed by atoms with Crippen molar-refractivity contribution < 1.29 is 19.1 Å². The van der Waals surface area contributed by atoms with Gasteiger partial charge in [-0.25, -0.2) is 4.79 Å². The predicted molar refractivity (Wildman–Crippen MR) is 66.4 cm³/mol. The first-order chi connectivity index (χ1) is 9.11. The van der Waals surface area contributed by atoms with Gasteiger partial charge in [-0.1, -0.05) is 24.6 Å². The van der Waals surface area contributed by atoms with Crippen molar-refractivity contribution in [1.82, 2.24) is 10.2 Å². The van der Waals surface area contributed by atoms with Gasteiger partial charge in [-0.3, -0.25) is 0 Å². The molecule has 0 atom stereocenters. The molecule has 0 fully saturated rings. The summed E-state index contributed by atoms with van der Waals surface area (Å²) in [4.78, 5) is 11.1. The van der Waals surface area contributed by atoms with Crippen molar-refractivity contribution >= 4 is 17.6 Å². The normalized spacial score (nSPS) is 10.4. The lowest BCUT2D eigenvalue weighted by Gasteiger charge is -2.08. The second-order valence-corrected chi connectivity index (χ2v) is 4.06. The first kappa shape index (κ1) is 13.4. The molecule has 100 valence electrons. The van der Waals surface area contributed by atoms with E-state index in [-0.39, 0.29) is 28.8 Å². The number of halogens is 1. The molecule has 1 aromatic carbocycles. The van der Waals surface area contributed by atoms with Gasteiger partial charge in [0.15, 0.2) is 6.61 Å². The zero-order chi connectivity index (χ0) is 13.8. The maximum atomic E-state index is 11.1. The van der Waals surface area contributed by atoms with E-state index in [0.29, 0.717) is 12.3 Å². The number of hydrogen-bond donors (Lipinski definition) is 1. The fourth-order valence-corrected chi connectivity index (χ4v) is 1.71. The standard InChI is InChI=1S/C12H11ClN2O4/c1-2-9-14-15-10(19-9)6-18-8-5-3-4-7(13)11(8)12(16)17/h3-5H,2,6H2,1H3,(H,16,17). The molecule has 6 nitrogen and oxygen atoms in total. The Morgan fingerprint density at radius 1 is 1.42 bits per heavy atom. The van der Waals surface area contributed by atoms with Crippen LogP contribution in [-0.2, 0) is 13.0 Å². The van der Waals surface area contributed by atoms with Crippen LogP contribution in [-0.4, -0.2) is 21.3 Å². The van der Waals surface area contributed by atoms with Crippen LogP contribution in [0, 0.1) is 0 Å². The Balaban J connectivity index is 2.15. The van der Waals surface area contributed by atoms with Gasteiger partial charge in [0.1, 0.15) is 11.3 Å². The molecule has 1 N–H and O–H groups in total. The third-order valence-electron chi connectivity index (χ3n) is 2.35. The molecule has 0 radical (unpaired) electrons. The van der Waals surface area contributed by atoms with E-state index in [1.165, 1.54) is 12.1 Å². The highest BCUT2D eigenvalue weighted by atomic mass is 35.5. The lowest BCUT2D eigenvalue weighted by atomic mass is 10.2. The van der Waals surface area contributed by atoms with Crippen LogP contribution >= 0.6 is 11.6 Å². The number of aryl methyl sites for hydroxylation is 1. The van der Waals surface area contributed by atoms with Crippen molar-refractivity contribution in [2.45, 2.75) is 20.0 Å². The summed E-state index contributed by atoms with van der Waals surface area (Å²) >= 11 is 5.82. The van der Waals surface area contributed by atoms with E-state index in [4.69, 9.17) is 25.9 Å². The molecule has 0 spiro atoms. The maximum absolute atomic E-state index is 11.1. The average molecular weight is 283 g/mol. The topological polar surface area (TPSA) is 85.5 Å². The zero-order valence-corrected chi connectivity index (χ0v) is 10.8. The minimum absolute atomic E-state index is 0.00633. The number of aromatic carboxylic acids is 1. The summed E-state index contributed by atoms with van der Waals surface area (Å²) in [6, 6.07) is 4.61. The molecule has 0 amide bonds. The molecular formula is C12H11ClN2O4. The molecule has 0 bridgehead atoms. The van der Waals surface area contributed by atoms with Crippen LogP contribution < -0.4 is 4.74 Å². The number of carbonyl (C=O) groups is 1. The molecule has 2 rings (SSSR count). The summed E-state index contributed by atoms with van der Waals surface area (Å²) < 4.78 is 10.6. The smallest absolute Gasteiger partial charge is 0.341 e. The van der Waals surface area contributed by atoms with Gasteiger partial charge in [0.05, 0.1) is 5.02 Å². The van der Waals surface area contributed by atoms with Gasteiger partial charge in [-0.05, 0) is 12.1 Å². The highest BCUT2D eigenvalue weighted by Gasteiger charge is 2.16. The van der Waals surface area contributed by atoms with Crippen molar-refractivity contribution in [1.29, 1.82) is 0 Å². The van der Waals surface area contributed by atoms with E-state index in [1.807, 2.05) is 6.92 Å².